The molecule has 0 heterocycles. The van der Waals surface area contributed by atoms with Crippen molar-refractivity contribution in [3.05, 3.63) is 59.4 Å². The Morgan fingerprint density at radius 2 is 1.54 bits per heavy atom. The molecule has 0 nitrogen and oxygen atoms in total. The summed E-state index contributed by atoms with van der Waals surface area (Å²) >= 11 is 0. The third-order valence-corrected chi connectivity index (χ3v) is 4.50. The SMILES string of the molecule is [2H]C1([2H])CC(c2ccc(-c3cc(F)c(F)c(F)c3)cc2)CC([2H])([2H])C1CCC. The summed E-state index contributed by atoms with van der Waals surface area (Å²) in [7, 11) is 0. The van der Waals surface area contributed by atoms with Crippen molar-refractivity contribution in [2.45, 2.75) is 51.3 Å². The van der Waals surface area contributed by atoms with Crippen LogP contribution in [0.4, 0.5) is 13.2 Å². The number of benzene rings is 2. The zero-order valence-corrected chi connectivity index (χ0v) is 13.6. The van der Waals surface area contributed by atoms with E-state index in [0.717, 1.165) is 24.1 Å². The lowest BCUT2D eigenvalue weighted by molar-refractivity contribution is 0.308. The van der Waals surface area contributed by atoms with Crippen molar-refractivity contribution in [3.8, 4) is 11.1 Å². The molecule has 3 heteroatoms. The lowest BCUT2D eigenvalue weighted by Crippen LogP contribution is -2.13. The van der Waals surface area contributed by atoms with Crippen LogP contribution in [-0.2, 0) is 0 Å². The van der Waals surface area contributed by atoms with Crippen molar-refractivity contribution in [2.75, 3.05) is 0 Å². The lowest BCUT2D eigenvalue weighted by Gasteiger charge is -2.28. The summed E-state index contributed by atoms with van der Waals surface area (Å²) in [6.07, 6.45) is -1.51. The Morgan fingerprint density at radius 1 is 0.958 bits per heavy atom. The van der Waals surface area contributed by atoms with Crippen molar-refractivity contribution >= 4 is 0 Å². The van der Waals surface area contributed by atoms with E-state index in [1.54, 1.807) is 24.3 Å². The summed E-state index contributed by atoms with van der Waals surface area (Å²) in [4.78, 5) is 0. The Hall–Kier alpha value is -1.77. The van der Waals surface area contributed by atoms with E-state index in [9.17, 15) is 13.2 Å². The number of hydrogen-bond donors (Lipinski definition) is 0. The van der Waals surface area contributed by atoms with Crippen LogP contribution < -0.4 is 0 Å². The molecule has 1 saturated carbocycles. The molecule has 0 bridgehead atoms. The first-order chi connectivity index (χ1) is 13.0. The second-order valence-electron chi connectivity index (χ2n) is 6.23. The largest absolute Gasteiger partial charge is 0.204 e. The van der Waals surface area contributed by atoms with E-state index in [-0.39, 0.29) is 24.3 Å². The maximum Gasteiger partial charge on any atom is 0.194 e. The molecule has 0 N–H and O–H groups in total. The highest BCUT2D eigenvalue weighted by Gasteiger charge is 2.21. The first-order valence-electron chi connectivity index (χ1n) is 10.3. The van der Waals surface area contributed by atoms with Gasteiger partial charge in [-0.2, -0.15) is 0 Å². The summed E-state index contributed by atoms with van der Waals surface area (Å²) in [6, 6.07) is 8.60. The van der Waals surface area contributed by atoms with Gasteiger partial charge < -0.3 is 0 Å². The topological polar surface area (TPSA) is 0 Å². The van der Waals surface area contributed by atoms with Crippen LogP contribution in [0.2, 0.25) is 0 Å². The fourth-order valence-corrected chi connectivity index (χ4v) is 3.11. The third-order valence-electron chi connectivity index (χ3n) is 4.50. The molecule has 0 aromatic heterocycles. The molecular weight excluding hydrogens is 309 g/mol. The van der Waals surface area contributed by atoms with Crippen LogP contribution in [0.1, 0.15) is 62.3 Å². The van der Waals surface area contributed by atoms with Gasteiger partial charge in [0.25, 0.3) is 0 Å². The zero-order valence-electron chi connectivity index (χ0n) is 17.6. The van der Waals surface area contributed by atoms with Gasteiger partial charge in [0.05, 0.1) is 0 Å². The van der Waals surface area contributed by atoms with Crippen molar-refractivity contribution < 1.29 is 18.7 Å². The summed E-state index contributed by atoms with van der Waals surface area (Å²) in [5.41, 5.74) is 1.50. The Labute approximate surface area is 147 Å². The molecule has 0 atom stereocenters. The van der Waals surface area contributed by atoms with E-state index in [1.165, 1.54) is 0 Å². The molecule has 1 aliphatic carbocycles. The van der Waals surface area contributed by atoms with Gasteiger partial charge in [-0.3, -0.25) is 0 Å². The Bertz CT molecular complexity index is 808. The van der Waals surface area contributed by atoms with Crippen molar-refractivity contribution in [3.63, 3.8) is 0 Å². The van der Waals surface area contributed by atoms with Crippen LogP contribution in [0, 0.1) is 23.4 Å². The molecule has 0 amide bonds. The van der Waals surface area contributed by atoms with Gasteiger partial charge in [-0.05, 0) is 66.2 Å². The Kier molecular flexibility index (Phi) is 3.88. The number of halogens is 3. The van der Waals surface area contributed by atoms with Crippen LogP contribution >= 0.6 is 0 Å². The summed E-state index contributed by atoms with van der Waals surface area (Å²) in [6.45, 7) is 1.93. The predicted octanol–water partition coefficient (Wildman–Crippen LogP) is 6.84. The molecule has 0 unspecified atom stereocenters. The molecule has 0 aliphatic heterocycles. The maximum atomic E-state index is 13.5. The van der Waals surface area contributed by atoms with E-state index < -0.39 is 36.1 Å². The van der Waals surface area contributed by atoms with E-state index in [4.69, 9.17) is 5.48 Å². The highest BCUT2D eigenvalue weighted by Crippen LogP contribution is 2.38. The van der Waals surface area contributed by atoms with Crippen molar-refractivity contribution in [1.29, 1.82) is 0 Å². The molecule has 2 aromatic carbocycles. The normalized spacial score (nSPS) is 27.7. The first-order valence-corrected chi connectivity index (χ1v) is 8.30. The average Bonchev–Trinajstić information content (AvgIpc) is 2.62. The van der Waals surface area contributed by atoms with E-state index in [0.29, 0.717) is 12.0 Å². The smallest absolute Gasteiger partial charge is 0.194 e. The molecule has 3 rings (SSSR count). The third kappa shape index (κ3) is 3.66. The van der Waals surface area contributed by atoms with Crippen LogP contribution in [-0.4, -0.2) is 0 Å². The minimum absolute atomic E-state index is 0.209. The highest BCUT2D eigenvalue weighted by molar-refractivity contribution is 5.64. The van der Waals surface area contributed by atoms with Gasteiger partial charge in [0.2, 0.25) is 0 Å². The van der Waals surface area contributed by atoms with Gasteiger partial charge in [0, 0.05) is 5.48 Å². The van der Waals surface area contributed by atoms with Gasteiger partial charge in [0.1, 0.15) is 0 Å². The lowest BCUT2D eigenvalue weighted by atomic mass is 9.77. The molecule has 1 aliphatic rings. The molecule has 0 radical (unpaired) electrons. The fourth-order valence-electron chi connectivity index (χ4n) is 3.11. The van der Waals surface area contributed by atoms with E-state index >= 15 is 0 Å². The van der Waals surface area contributed by atoms with E-state index in [2.05, 4.69) is 0 Å². The molecule has 24 heavy (non-hydrogen) atoms. The van der Waals surface area contributed by atoms with Gasteiger partial charge in [-0.25, -0.2) is 13.2 Å². The molecule has 0 spiro atoms. The zero-order chi connectivity index (χ0) is 20.7. The average molecular weight is 336 g/mol. The summed E-state index contributed by atoms with van der Waals surface area (Å²) in [5, 5.41) is 0. The number of hydrogen-bond acceptors (Lipinski definition) is 0. The van der Waals surface area contributed by atoms with Crippen LogP contribution in [0.5, 0.6) is 0 Å². The van der Waals surface area contributed by atoms with E-state index in [1.807, 2.05) is 6.92 Å². The Morgan fingerprint density at radius 3 is 2.08 bits per heavy atom. The van der Waals surface area contributed by atoms with Crippen LogP contribution in [0.15, 0.2) is 36.4 Å². The quantitative estimate of drug-likeness (QED) is 0.536. The molecule has 2 aromatic rings. The van der Waals surface area contributed by atoms with Crippen molar-refractivity contribution in [1.82, 2.24) is 0 Å². The van der Waals surface area contributed by atoms with Gasteiger partial charge >= 0.3 is 0 Å². The van der Waals surface area contributed by atoms with Crippen LogP contribution in [0.25, 0.3) is 11.1 Å². The fraction of sp³-hybridized carbons (Fsp3) is 0.429. The number of rotatable bonds is 4. The molecular formula is C21H23F3. The van der Waals surface area contributed by atoms with Crippen LogP contribution in [0.3, 0.4) is 0 Å². The van der Waals surface area contributed by atoms with Gasteiger partial charge in [-0.1, -0.05) is 44.0 Å². The van der Waals surface area contributed by atoms with Gasteiger partial charge in [-0.15, -0.1) is 0 Å². The molecule has 128 valence electrons. The Balaban J connectivity index is 1.86. The monoisotopic (exact) mass is 336 g/mol. The van der Waals surface area contributed by atoms with Gasteiger partial charge in [0.15, 0.2) is 17.5 Å². The maximum absolute atomic E-state index is 13.5. The molecule has 0 saturated heterocycles. The first kappa shape index (κ1) is 12.6. The predicted molar refractivity (Wildman–Crippen MR) is 91.4 cm³/mol. The summed E-state index contributed by atoms with van der Waals surface area (Å²) < 4.78 is 73.6. The second-order valence-corrected chi connectivity index (χ2v) is 6.23. The standard InChI is InChI=1S/C21H23F3/c1-2-3-14-4-6-15(7-5-14)16-8-10-17(11-9-16)18-12-19(22)21(24)20(23)13-18/h8-15H,2-7H2,1H3/i4D2,5D2. The minimum Gasteiger partial charge on any atom is -0.204 e. The molecule has 1 fully saturated rings. The second kappa shape index (κ2) is 7.42. The van der Waals surface area contributed by atoms with Crippen molar-refractivity contribution in [2.24, 2.45) is 5.92 Å². The minimum atomic E-state index is -1.61. The summed E-state index contributed by atoms with van der Waals surface area (Å²) in [5.74, 6) is -4.93. The highest BCUT2D eigenvalue weighted by atomic mass is 19.2.